The number of aryl methyl sites for hydroxylation is 1. The van der Waals surface area contributed by atoms with E-state index >= 15 is 0 Å². The largest absolute Gasteiger partial charge is 0.573 e. The predicted octanol–water partition coefficient (Wildman–Crippen LogP) is 3.27. The van der Waals surface area contributed by atoms with Gasteiger partial charge in [-0.25, -0.2) is 4.98 Å². The molecule has 16 heavy (non-hydrogen) atoms. The Balaban J connectivity index is 3.20. The Morgan fingerprint density at radius 2 is 2.12 bits per heavy atom. The average Bonchev–Trinajstić information content (AvgIpc) is 2.07. The number of rotatable bonds is 2. The van der Waals surface area contributed by atoms with Crippen LogP contribution in [-0.4, -0.2) is 16.6 Å². The summed E-state index contributed by atoms with van der Waals surface area (Å²) in [6.07, 6.45) is -4.83. The van der Waals surface area contributed by atoms with Gasteiger partial charge in [-0.2, -0.15) is 0 Å². The van der Waals surface area contributed by atoms with Crippen LogP contribution in [0, 0.1) is 10.6 Å². The van der Waals surface area contributed by atoms with E-state index in [0.717, 1.165) is 6.07 Å². The number of hydrogen-bond donors (Lipinski definition) is 0. The summed E-state index contributed by atoms with van der Waals surface area (Å²) in [6.45, 7) is 1.47. The highest BCUT2D eigenvalue weighted by atomic mass is 127. The van der Waals surface area contributed by atoms with Gasteiger partial charge in [0.2, 0.25) is 0 Å². The van der Waals surface area contributed by atoms with Crippen molar-refractivity contribution in [1.29, 1.82) is 0 Å². The highest BCUT2D eigenvalue weighted by Crippen LogP contribution is 2.28. The van der Waals surface area contributed by atoms with Gasteiger partial charge < -0.3 is 4.74 Å². The smallest absolute Gasteiger partial charge is 0.403 e. The highest BCUT2D eigenvalue weighted by molar-refractivity contribution is 14.1. The van der Waals surface area contributed by atoms with E-state index in [1.165, 1.54) is 6.92 Å². The number of alkyl halides is 3. The first-order valence-corrected chi connectivity index (χ1v) is 5.29. The Morgan fingerprint density at radius 1 is 1.56 bits per heavy atom. The molecule has 8 heteroatoms. The lowest BCUT2D eigenvalue weighted by atomic mass is 10.2. The van der Waals surface area contributed by atoms with Gasteiger partial charge in [0, 0.05) is 0 Å². The van der Waals surface area contributed by atoms with Crippen LogP contribution in [0.1, 0.15) is 16.1 Å². The van der Waals surface area contributed by atoms with Gasteiger partial charge in [-0.3, -0.25) is 4.79 Å². The maximum Gasteiger partial charge on any atom is 0.573 e. The first-order chi connectivity index (χ1) is 7.20. The van der Waals surface area contributed by atoms with E-state index < -0.39 is 17.4 Å². The number of pyridine rings is 1. The van der Waals surface area contributed by atoms with Crippen LogP contribution in [0.3, 0.4) is 0 Å². The molecule has 1 aromatic heterocycles. The van der Waals surface area contributed by atoms with Gasteiger partial charge in [-0.15, -0.1) is 13.2 Å². The van der Waals surface area contributed by atoms with E-state index in [1.807, 2.05) is 0 Å². The molecule has 0 aliphatic carbocycles. The van der Waals surface area contributed by atoms with Crippen LogP contribution in [0.5, 0.6) is 5.75 Å². The third-order valence-corrected chi connectivity index (χ3v) is 2.55. The first-order valence-electron chi connectivity index (χ1n) is 3.83. The number of aromatic nitrogens is 1. The van der Waals surface area contributed by atoms with Crippen molar-refractivity contribution >= 4 is 39.4 Å². The van der Waals surface area contributed by atoms with Crippen molar-refractivity contribution in [2.45, 2.75) is 13.3 Å². The third kappa shape index (κ3) is 3.48. The number of hydrogen-bond acceptors (Lipinski definition) is 3. The van der Waals surface area contributed by atoms with Gasteiger partial charge in [-0.1, -0.05) is 0 Å². The summed E-state index contributed by atoms with van der Waals surface area (Å²) in [5.41, 5.74) is 0.139. The van der Waals surface area contributed by atoms with Crippen LogP contribution in [-0.2, 0) is 0 Å². The molecule has 0 N–H and O–H groups in total. The summed E-state index contributed by atoms with van der Waals surface area (Å²) in [5, 5.41) is -0.881. The minimum atomic E-state index is -4.83. The molecule has 0 saturated carbocycles. The van der Waals surface area contributed by atoms with Crippen LogP contribution in [0.2, 0.25) is 0 Å². The fourth-order valence-electron chi connectivity index (χ4n) is 0.953. The zero-order chi connectivity index (χ0) is 12.5. The van der Waals surface area contributed by atoms with E-state index in [-0.39, 0.29) is 15.0 Å². The summed E-state index contributed by atoms with van der Waals surface area (Å²) in [6, 6.07) is 0.924. The van der Waals surface area contributed by atoms with Gasteiger partial charge in [0.25, 0.3) is 5.24 Å². The molecule has 0 radical (unpaired) electrons. The Morgan fingerprint density at radius 3 is 2.56 bits per heavy atom. The normalized spacial score (nSPS) is 11.4. The van der Waals surface area contributed by atoms with E-state index in [0.29, 0.717) is 0 Å². The lowest BCUT2D eigenvalue weighted by Crippen LogP contribution is -2.18. The SMILES string of the molecule is Cc1nc(I)c(OC(F)(F)F)cc1C(=O)Cl. The summed E-state index contributed by atoms with van der Waals surface area (Å²) in [4.78, 5) is 14.6. The Hall–Kier alpha value is -0.570. The molecule has 0 bridgehead atoms. The minimum absolute atomic E-state index is 0.00842. The van der Waals surface area contributed by atoms with Gasteiger partial charge in [0.15, 0.2) is 5.75 Å². The molecule has 1 aromatic rings. The Kier molecular flexibility index (Phi) is 4.00. The average molecular weight is 365 g/mol. The van der Waals surface area contributed by atoms with Crippen molar-refractivity contribution in [3.05, 3.63) is 21.0 Å². The minimum Gasteiger partial charge on any atom is -0.403 e. The summed E-state index contributed by atoms with van der Waals surface area (Å²) < 4.78 is 39.7. The fraction of sp³-hybridized carbons (Fsp3) is 0.250. The molecule has 0 aliphatic heterocycles. The van der Waals surface area contributed by atoms with Crippen molar-refractivity contribution < 1.29 is 22.7 Å². The number of carbonyl (C=O) groups is 1. The first kappa shape index (κ1) is 13.5. The zero-order valence-corrected chi connectivity index (χ0v) is 10.6. The second kappa shape index (κ2) is 4.74. The lowest BCUT2D eigenvalue weighted by molar-refractivity contribution is -0.275. The van der Waals surface area contributed by atoms with Crippen molar-refractivity contribution in [2.75, 3.05) is 0 Å². The summed E-state index contributed by atoms with van der Waals surface area (Å²) >= 11 is 6.76. The lowest BCUT2D eigenvalue weighted by Gasteiger charge is -2.11. The topological polar surface area (TPSA) is 39.2 Å². The maximum absolute atomic E-state index is 12.0. The van der Waals surface area contributed by atoms with Gasteiger partial charge in [0.05, 0.1) is 11.3 Å². The van der Waals surface area contributed by atoms with Crippen molar-refractivity contribution in [2.24, 2.45) is 0 Å². The Labute approximate surface area is 107 Å². The van der Waals surface area contributed by atoms with Crippen LogP contribution < -0.4 is 4.74 Å². The molecule has 0 saturated heterocycles. The van der Waals surface area contributed by atoms with Crippen LogP contribution >= 0.6 is 34.2 Å². The highest BCUT2D eigenvalue weighted by Gasteiger charge is 2.32. The maximum atomic E-state index is 12.0. The van der Waals surface area contributed by atoms with Crippen LogP contribution in [0.4, 0.5) is 13.2 Å². The zero-order valence-electron chi connectivity index (χ0n) is 7.73. The number of carbonyl (C=O) groups excluding carboxylic acids is 1. The predicted molar refractivity (Wildman–Crippen MR) is 58.6 cm³/mol. The molecule has 0 unspecified atom stereocenters. The molecule has 88 valence electrons. The van der Waals surface area contributed by atoms with Gasteiger partial charge in [0.1, 0.15) is 3.70 Å². The molecule has 0 fully saturated rings. The van der Waals surface area contributed by atoms with E-state index in [9.17, 15) is 18.0 Å². The molecule has 0 amide bonds. The number of halogens is 5. The number of nitrogens with zero attached hydrogens (tertiary/aromatic N) is 1. The molecular weight excluding hydrogens is 361 g/mol. The van der Waals surface area contributed by atoms with Crippen LogP contribution in [0.25, 0.3) is 0 Å². The second-order valence-electron chi connectivity index (χ2n) is 2.73. The monoisotopic (exact) mass is 365 g/mol. The molecule has 0 spiro atoms. The number of ether oxygens (including phenoxy) is 1. The molecule has 0 atom stereocenters. The molecule has 1 heterocycles. The molecule has 0 aromatic carbocycles. The molecule has 3 nitrogen and oxygen atoms in total. The van der Waals surface area contributed by atoms with Crippen molar-refractivity contribution in [3.8, 4) is 5.75 Å². The van der Waals surface area contributed by atoms with E-state index in [2.05, 4.69) is 9.72 Å². The van der Waals surface area contributed by atoms with Crippen molar-refractivity contribution in [1.82, 2.24) is 4.98 Å². The fourth-order valence-corrected chi connectivity index (χ4v) is 1.77. The quantitative estimate of drug-likeness (QED) is 0.459. The summed E-state index contributed by atoms with van der Waals surface area (Å²) in [7, 11) is 0. The van der Waals surface area contributed by atoms with Gasteiger partial charge >= 0.3 is 6.36 Å². The molecule has 1 rings (SSSR count). The van der Waals surface area contributed by atoms with E-state index in [4.69, 9.17) is 11.6 Å². The summed E-state index contributed by atoms with van der Waals surface area (Å²) in [5.74, 6) is -0.539. The standard InChI is InChI=1S/C8H4ClF3INO2/c1-3-4(6(9)15)2-5(7(13)14-3)16-8(10,11)12/h2H,1H3. The second-order valence-corrected chi connectivity index (χ2v) is 4.10. The van der Waals surface area contributed by atoms with Gasteiger partial charge in [-0.05, 0) is 47.2 Å². The van der Waals surface area contributed by atoms with Crippen LogP contribution in [0.15, 0.2) is 6.07 Å². The molecule has 0 aliphatic rings. The van der Waals surface area contributed by atoms with E-state index in [1.54, 1.807) is 22.6 Å². The molecular formula is C8H4ClF3INO2. The Bertz CT molecular complexity index is 436. The third-order valence-electron chi connectivity index (χ3n) is 1.57. The van der Waals surface area contributed by atoms with Crippen molar-refractivity contribution in [3.63, 3.8) is 0 Å².